The molecule has 0 spiro atoms. The van der Waals surface area contributed by atoms with Crippen molar-refractivity contribution in [2.45, 2.75) is 20.8 Å². The number of hydrogen-bond donors (Lipinski definition) is 1. The summed E-state index contributed by atoms with van der Waals surface area (Å²) in [6.07, 6.45) is 0. The SMILES string of the molecule is Cc1cccc(-c2noc(-c3ccccc3C(=O)NCC(C)C)n2)c1. The lowest BCUT2D eigenvalue weighted by molar-refractivity contribution is 0.0949. The van der Waals surface area contributed by atoms with Crippen molar-refractivity contribution in [3.63, 3.8) is 0 Å². The Kier molecular flexibility index (Phi) is 4.93. The molecule has 0 saturated carbocycles. The maximum absolute atomic E-state index is 12.5. The molecule has 2 aromatic carbocycles. The molecule has 0 bridgehead atoms. The summed E-state index contributed by atoms with van der Waals surface area (Å²) in [6.45, 7) is 6.74. The fourth-order valence-electron chi connectivity index (χ4n) is 2.49. The molecule has 0 fully saturated rings. The molecular formula is C20H21N3O2. The maximum atomic E-state index is 12.5. The summed E-state index contributed by atoms with van der Waals surface area (Å²) in [5.41, 5.74) is 3.17. The van der Waals surface area contributed by atoms with Crippen LogP contribution in [0.25, 0.3) is 22.8 Å². The number of amides is 1. The van der Waals surface area contributed by atoms with Crippen LogP contribution in [0.4, 0.5) is 0 Å². The van der Waals surface area contributed by atoms with Gasteiger partial charge in [0.25, 0.3) is 11.8 Å². The Morgan fingerprint density at radius 2 is 1.96 bits per heavy atom. The van der Waals surface area contributed by atoms with Crippen molar-refractivity contribution in [3.05, 3.63) is 59.7 Å². The zero-order valence-electron chi connectivity index (χ0n) is 14.6. The van der Waals surface area contributed by atoms with Gasteiger partial charge in [0.05, 0.1) is 11.1 Å². The zero-order chi connectivity index (χ0) is 17.8. The first-order valence-electron chi connectivity index (χ1n) is 8.33. The van der Waals surface area contributed by atoms with Gasteiger partial charge in [-0.15, -0.1) is 0 Å². The third-order valence-electron chi connectivity index (χ3n) is 3.78. The van der Waals surface area contributed by atoms with E-state index >= 15 is 0 Å². The first kappa shape index (κ1) is 16.9. The highest BCUT2D eigenvalue weighted by Crippen LogP contribution is 2.25. The monoisotopic (exact) mass is 335 g/mol. The van der Waals surface area contributed by atoms with E-state index in [1.165, 1.54) is 0 Å². The van der Waals surface area contributed by atoms with Crippen molar-refractivity contribution >= 4 is 5.91 Å². The van der Waals surface area contributed by atoms with E-state index in [9.17, 15) is 4.79 Å². The van der Waals surface area contributed by atoms with E-state index in [0.717, 1.165) is 11.1 Å². The molecule has 1 N–H and O–H groups in total. The summed E-state index contributed by atoms with van der Waals surface area (Å²) in [5.74, 6) is 1.09. The predicted molar refractivity (Wildman–Crippen MR) is 97.1 cm³/mol. The molecule has 3 rings (SSSR count). The highest BCUT2D eigenvalue weighted by atomic mass is 16.5. The van der Waals surface area contributed by atoms with E-state index < -0.39 is 0 Å². The van der Waals surface area contributed by atoms with Gasteiger partial charge < -0.3 is 9.84 Å². The molecule has 1 amide bonds. The minimum absolute atomic E-state index is 0.139. The molecule has 5 nitrogen and oxygen atoms in total. The summed E-state index contributed by atoms with van der Waals surface area (Å²) in [4.78, 5) is 16.9. The summed E-state index contributed by atoms with van der Waals surface area (Å²) < 4.78 is 5.42. The quantitative estimate of drug-likeness (QED) is 0.762. The van der Waals surface area contributed by atoms with Crippen LogP contribution >= 0.6 is 0 Å². The first-order chi connectivity index (χ1) is 12.0. The summed E-state index contributed by atoms with van der Waals surface area (Å²) in [6, 6.07) is 15.2. The second kappa shape index (κ2) is 7.30. The number of carbonyl (C=O) groups is 1. The van der Waals surface area contributed by atoms with E-state index in [4.69, 9.17) is 4.52 Å². The lowest BCUT2D eigenvalue weighted by atomic mass is 10.1. The first-order valence-corrected chi connectivity index (χ1v) is 8.33. The Labute approximate surface area is 147 Å². The topological polar surface area (TPSA) is 68.0 Å². The van der Waals surface area contributed by atoms with Crippen molar-refractivity contribution in [3.8, 4) is 22.8 Å². The molecule has 128 valence electrons. The van der Waals surface area contributed by atoms with Crippen molar-refractivity contribution in [2.75, 3.05) is 6.54 Å². The van der Waals surface area contributed by atoms with Crippen molar-refractivity contribution in [1.29, 1.82) is 0 Å². The lowest BCUT2D eigenvalue weighted by Gasteiger charge is -2.09. The van der Waals surface area contributed by atoms with Crippen molar-refractivity contribution in [2.24, 2.45) is 5.92 Å². The van der Waals surface area contributed by atoms with E-state index in [0.29, 0.717) is 35.3 Å². The second-order valence-electron chi connectivity index (χ2n) is 6.44. The minimum atomic E-state index is -0.139. The molecule has 0 atom stereocenters. The molecule has 1 aromatic heterocycles. The van der Waals surface area contributed by atoms with Crippen LogP contribution in [0.5, 0.6) is 0 Å². The average molecular weight is 335 g/mol. The summed E-state index contributed by atoms with van der Waals surface area (Å²) in [5, 5.41) is 6.99. The lowest BCUT2D eigenvalue weighted by Crippen LogP contribution is -2.27. The van der Waals surface area contributed by atoms with Crippen LogP contribution in [0.3, 0.4) is 0 Å². The minimum Gasteiger partial charge on any atom is -0.352 e. The van der Waals surface area contributed by atoms with E-state index in [-0.39, 0.29) is 5.91 Å². The maximum Gasteiger partial charge on any atom is 0.259 e. The third-order valence-corrected chi connectivity index (χ3v) is 3.78. The van der Waals surface area contributed by atoms with Crippen LogP contribution in [0.1, 0.15) is 29.8 Å². The Morgan fingerprint density at radius 1 is 1.16 bits per heavy atom. The van der Waals surface area contributed by atoms with Crippen molar-refractivity contribution in [1.82, 2.24) is 15.5 Å². The van der Waals surface area contributed by atoms with Crippen LogP contribution < -0.4 is 5.32 Å². The molecular weight excluding hydrogens is 314 g/mol. The largest absolute Gasteiger partial charge is 0.352 e. The number of rotatable bonds is 5. The molecule has 0 unspecified atom stereocenters. The summed E-state index contributed by atoms with van der Waals surface area (Å²) >= 11 is 0. The standard InChI is InChI=1S/C20H21N3O2/c1-13(2)12-21-19(24)16-9-4-5-10-17(16)20-22-18(23-25-20)15-8-6-7-14(3)11-15/h4-11,13H,12H2,1-3H3,(H,21,24). The Hall–Kier alpha value is -2.95. The van der Waals surface area contributed by atoms with Gasteiger partial charge in [0.2, 0.25) is 5.82 Å². The van der Waals surface area contributed by atoms with Crippen molar-refractivity contribution < 1.29 is 9.32 Å². The Bertz CT molecular complexity index is 884. The van der Waals surface area contributed by atoms with Crippen LogP contribution in [-0.2, 0) is 0 Å². The number of nitrogens with zero attached hydrogens (tertiary/aromatic N) is 2. The Balaban J connectivity index is 1.91. The van der Waals surface area contributed by atoms with Crippen LogP contribution in [0.2, 0.25) is 0 Å². The Morgan fingerprint density at radius 3 is 2.72 bits per heavy atom. The molecule has 0 aliphatic carbocycles. The molecule has 0 aliphatic rings. The smallest absolute Gasteiger partial charge is 0.259 e. The van der Waals surface area contributed by atoms with Gasteiger partial charge in [-0.25, -0.2) is 0 Å². The molecule has 0 aliphatic heterocycles. The van der Waals surface area contributed by atoms with E-state index in [1.54, 1.807) is 6.07 Å². The van der Waals surface area contributed by atoms with Gasteiger partial charge >= 0.3 is 0 Å². The third kappa shape index (κ3) is 3.94. The van der Waals surface area contributed by atoms with Crippen LogP contribution in [-0.4, -0.2) is 22.6 Å². The van der Waals surface area contributed by atoms with Crippen LogP contribution in [0, 0.1) is 12.8 Å². The van der Waals surface area contributed by atoms with Gasteiger partial charge in [0.15, 0.2) is 0 Å². The van der Waals surface area contributed by atoms with E-state index in [1.807, 2.05) is 49.4 Å². The molecule has 1 heterocycles. The molecule has 5 heteroatoms. The molecule has 0 saturated heterocycles. The van der Waals surface area contributed by atoms with Gasteiger partial charge in [-0.1, -0.05) is 54.9 Å². The molecule has 25 heavy (non-hydrogen) atoms. The van der Waals surface area contributed by atoms with Crippen LogP contribution in [0.15, 0.2) is 53.1 Å². The molecule has 3 aromatic rings. The van der Waals surface area contributed by atoms with E-state index in [2.05, 4.69) is 29.3 Å². The predicted octanol–water partition coefficient (Wildman–Crippen LogP) is 4.10. The fraction of sp³-hybridized carbons (Fsp3) is 0.250. The highest BCUT2D eigenvalue weighted by molar-refractivity contribution is 6.00. The second-order valence-corrected chi connectivity index (χ2v) is 6.44. The zero-order valence-corrected chi connectivity index (χ0v) is 14.6. The fourth-order valence-corrected chi connectivity index (χ4v) is 2.49. The number of carbonyl (C=O) groups excluding carboxylic acids is 1. The number of nitrogens with one attached hydrogen (secondary N) is 1. The number of aromatic nitrogens is 2. The average Bonchev–Trinajstić information content (AvgIpc) is 3.09. The van der Waals surface area contributed by atoms with Gasteiger partial charge in [-0.3, -0.25) is 4.79 Å². The summed E-state index contributed by atoms with van der Waals surface area (Å²) in [7, 11) is 0. The molecule has 0 radical (unpaired) electrons. The van der Waals surface area contributed by atoms with Gasteiger partial charge in [0.1, 0.15) is 0 Å². The highest BCUT2D eigenvalue weighted by Gasteiger charge is 2.18. The van der Waals surface area contributed by atoms with Gasteiger partial charge in [-0.2, -0.15) is 4.98 Å². The number of aryl methyl sites for hydroxylation is 1. The normalized spacial score (nSPS) is 10.9. The number of hydrogen-bond acceptors (Lipinski definition) is 4. The van der Waals surface area contributed by atoms with Gasteiger partial charge in [-0.05, 0) is 31.0 Å². The van der Waals surface area contributed by atoms with Gasteiger partial charge in [0, 0.05) is 12.1 Å². The number of benzene rings is 2.